The summed E-state index contributed by atoms with van der Waals surface area (Å²) in [5.74, 6) is 0. The van der Waals surface area contributed by atoms with Crippen molar-refractivity contribution in [2.75, 3.05) is 0 Å². The van der Waals surface area contributed by atoms with Crippen LogP contribution in [-0.4, -0.2) is 0 Å². The molecule has 0 amide bonds. The van der Waals surface area contributed by atoms with E-state index >= 15 is 0 Å². The van der Waals surface area contributed by atoms with Gasteiger partial charge in [-0.05, 0) is 57.0 Å². The zero-order valence-corrected chi connectivity index (χ0v) is 21.6. The van der Waals surface area contributed by atoms with Crippen LogP contribution in [0.5, 0.6) is 0 Å². The molecule has 0 saturated carbocycles. The van der Waals surface area contributed by atoms with Gasteiger partial charge >= 0.3 is 0 Å². The largest absolute Gasteiger partial charge is 0.143 e. The van der Waals surface area contributed by atoms with Crippen molar-refractivity contribution in [3.05, 3.63) is 78.4 Å². The van der Waals surface area contributed by atoms with Gasteiger partial charge in [-0.1, -0.05) is 101 Å². The summed E-state index contributed by atoms with van der Waals surface area (Å²) < 4.78 is 2.77. The fourth-order valence-electron chi connectivity index (χ4n) is 5.44. The second kappa shape index (κ2) is 8.81. The lowest BCUT2D eigenvalue weighted by atomic mass is 9.74. The van der Waals surface area contributed by atoms with E-state index in [1.165, 1.54) is 79.4 Å². The Morgan fingerprint density at radius 2 is 1.39 bits per heavy atom. The van der Waals surface area contributed by atoms with Gasteiger partial charge in [0.05, 0.1) is 0 Å². The van der Waals surface area contributed by atoms with Gasteiger partial charge in [-0.15, -0.1) is 24.0 Å². The van der Waals surface area contributed by atoms with Gasteiger partial charge in [-0.2, -0.15) is 0 Å². The molecule has 1 heterocycles. The molecular formula is C31H32S2. The second-order valence-electron chi connectivity index (χ2n) is 9.72. The lowest BCUT2D eigenvalue weighted by molar-refractivity contribution is 0.383. The molecular weight excluding hydrogens is 436 g/mol. The zero-order valence-electron chi connectivity index (χ0n) is 19.9. The van der Waals surface area contributed by atoms with Crippen molar-refractivity contribution in [3.8, 4) is 0 Å². The van der Waals surface area contributed by atoms with E-state index in [4.69, 9.17) is 0 Å². The predicted molar refractivity (Wildman–Crippen MR) is 154 cm³/mol. The molecule has 0 N–H and O–H groups in total. The molecule has 0 aliphatic rings. The molecule has 0 aliphatic carbocycles. The highest BCUT2D eigenvalue weighted by Crippen LogP contribution is 2.43. The molecule has 0 fully saturated rings. The number of unbranched alkanes of at least 4 members (excludes halogenated alkanes) is 1. The fourth-order valence-corrected chi connectivity index (χ4v) is 6.95. The van der Waals surface area contributed by atoms with Crippen LogP contribution in [0.4, 0.5) is 0 Å². The van der Waals surface area contributed by atoms with Crippen LogP contribution in [-0.2, 0) is 5.41 Å². The van der Waals surface area contributed by atoms with Crippen molar-refractivity contribution in [1.29, 1.82) is 0 Å². The lowest BCUT2D eigenvalue weighted by Crippen LogP contribution is -2.21. The Labute approximate surface area is 206 Å². The minimum atomic E-state index is 0.263. The number of benzene rings is 4. The minimum Gasteiger partial charge on any atom is -0.143 e. The van der Waals surface area contributed by atoms with Gasteiger partial charge in [0.1, 0.15) is 0 Å². The first kappa shape index (κ1) is 22.5. The Hall–Kier alpha value is -2.29. The maximum Gasteiger partial charge on any atom is 0.0434 e. The van der Waals surface area contributed by atoms with Crippen LogP contribution < -0.4 is 0 Å². The van der Waals surface area contributed by atoms with Gasteiger partial charge in [0.15, 0.2) is 0 Å². The van der Waals surface area contributed by atoms with E-state index in [9.17, 15) is 0 Å². The summed E-state index contributed by atoms with van der Waals surface area (Å²) in [6.07, 6.45) is 6.28. The summed E-state index contributed by atoms with van der Waals surface area (Å²) in [7, 11) is 0. The van der Waals surface area contributed by atoms with Crippen molar-refractivity contribution < 1.29 is 0 Å². The van der Waals surface area contributed by atoms with Crippen LogP contribution >= 0.6 is 24.0 Å². The van der Waals surface area contributed by atoms with Crippen LogP contribution in [0.3, 0.4) is 0 Å². The molecule has 168 valence electrons. The van der Waals surface area contributed by atoms with Crippen LogP contribution in [0.2, 0.25) is 0 Å². The lowest BCUT2D eigenvalue weighted by Gasteiger charge is -2.30. The maximum absolute atomic E-state index is 4.44. The van der Waals surface area contributed by atoms with Gasteiger partial charge in [0, 0.05) is 25.1 Å². The van der Waals surface area contributed by atoms with Gasteiger partial charge in [-0.3, -0.25) is 0 Å². The number of thiophene rings is 1. The van der Waals surface area contributed by atoms with Crippen molar-refractivity contribution in [1.82, 2.24) is 0 Å². The van der Waals surface area contributed by atoms with Crippen molar-refractivity contribution in [2.24, 2.45) is 0 Å². The van der Waals surface area contributed by atoms with E-state index in [1.54, 1.807) is 0 Å². The standard InChI is InChI=1S/C31H32S2/c1-5-7-17-31(4,16-6-2)24-11-15-26-23(19-24)10-14-28-27-13-9-22-18-21(20(3)32)8-12-25(22)29(27)33-30(26)28/h8-15,18-19,32H,3,5-7,16-17H2,1-2,4H3. The molecule has 0 radical (unpaired) electrons. The normalized spacial score (nSPS) is 13.8. The van der Waals surface area contributed by atoms with Crippen molar-refractivity contribution in [2.45, 2.75) is 58.3 Å². The third-order valence-corrected chi connectivity index (χ3v) is 8.90. The maximum atomic E-state index is 4.44. The van der Waals surface area contributed by atoms with E-state index in [0.717, 1.165) is 10.5 Å². The monoisotopic (exact) mass is 468 g/mol. The van der Waals surface area contributed by atoms with E-state index in [0.29, 0.717) is 0 Å². The van der Waals surface area contributed by atoms with E-state index in [-0.39, 0.29) is 5.41 Å². The first-order valence-corrected chi connectivity index (χ1v) is 13.4. The zero-order chi connectivity index (χ0) is 23.2. The summed E-state index contributed by atoms with van der Waals surface area (Å²) in [5, 5.41) is 8.02. The predicted octanol–water partition coefficient (Wildman–Crippen LogP) is 10.5. The summed E-state index contributed by atoms with van der Waals surface area (Å²) in [6, 6.07) is 23.0. The number of hydrogen-bond donors (Lipinski definition) is 1. The number of thiol groups is 1. The van der Waals surface area contributed by atoms with Crippen LogP contribution in [0.1, 0.15) is 64.0 Å². The summed E-state index contributed by atoms with van der Waals surface area (Å²) >= 11 is 6.37. The van der Waals surface area contributed by atoms with Gasteiger partial charge in [0.25, 0.3) is 0 Å². The molecule has 1 unspecified atom stereocenters. The highest BCUT2D eigenvalue weighted by Gasteiger charge is 2.25. The van der Waals surface area contributed by atoms with Gasteiger partial charge in [0.2, 0.25) is 0 Å². The van der Waals surface area contributed by atoms with Gasteiger partial charge in [-0.25, -0.2) is 0 Å². The number of hydrogen-bond acceptors (Lipinski definition) is 2. The van der Waals surface area contributed by atoms with Crippen molar-refractivity contribution >= 4 is 70.6 Å². The molecule has 1 aromatic heterocycles. The molecule has 4 aromatic carbocycles. The Morgan fingerprint density at radius 1 is 0.788 bits per heavy atom. The molecule has 5 aromatic rings. The molecule has 0 aliphatic heterocycles. The summed E-state index contributed by atoms with van der Waals surface area (Å²) in [6.45, 7) is 11.1. The Kier molecular flexibility index (Phi) is 6.01. The quantitative estimate of drug-likeness (QED) is 0.226. The topological polar surface area (TPSA) is 0 Å². The highest BCUT2D eigenvalue weighted by atomic mass is 32.1. The molecule has 0 nitrogen and oxygen atoms in total. The van der Waals surface area contributed by atoms with Crippen LogP contribution in [0.25, 0.3) is 46.6 Å². The average molecular weight is 469 g/mol. The molecule has 2 heteroatoms. The average Bonchev–Trinajstić information content (AvgIpc) is 3.21. The molecule has 0 saturated heterocycles. The number of fused-ring (bicyclic) bond motifs is 7. The fraction of sp³-hybridized carbons (Fsp3) is 0.290. The van der Waals surface area contributed by atoms with E-state index in [1.807, 2.05) is 11.3 Å². The molecule has 5 rings (SSSR count). The Balaban J connectivity index is 1.69. The first-order valence-electron chi connectivity index (χ1n) is 12.2. The van der Waals surface area contributed by atoms with E-state index in [2.05, 4.69) is 101 Å². The smallest absolute Gasteiger partial charge is 0.0434 e. The second-order valence-corrected chi connectivity index (χ2v) is 11.3. The third-order valence-electron chi connectivity index (χ3n) is 7.35. The molecule has 1 atom stereocenters. The Morgan fingerprint density at radius 3 is 2.00 bits per heavy atom. The summed E-state index contributed by atoms with van der Waals surface area (Å²) in [5.41, 5.74) is 2.84. The molecule has 33 heavy (non-hydrogen) atoms. The molecule has 0 spiro atoms. The van der Waals surface area contributed by atoms with Crippen LogP contribution in [0.15, 0.2) is 67.2 Å². The highest BCUT2D eigenvalue weighted by molar-refractivity contribution is 7.90. The Bertz CT molecular complexity index is 1500. The third kappa shape index (κ3) is 3.88. The molecule has 0 bridgehead atoms. The van der Waals surface area contributed by atoms with Crippen LogP contribution in [0, 0.1) is 0 Å². The first-order chi connectivity index (χ1) is 15.9. The number of rotatable bonds is 7. The minimum absolute atomic E-state index is 0.263. The van der Waals surface area contributed by atoms with E-state index < -0.39 is 0 Å². The summed E-state index contributed by atoms with van der Waals surface area (Å²) in [4.78, 5) is 0.809. The van der Waals surface area contributed by atoms with Gasteiger partial charge < -0.3 is 0 Å². The van der Waals surface area contributed by atoms with Crippen molar-refractivity contribution in [3.63, 3.8) is 0 Å². The SMILES string of the molecule is C=C(S)c1ccc2c(ccc3c4ccc5cc(C(C)(CCC)CCCC)ccc5c4sc23)c1.